The van der Waals surface area contributed by atoms with Gasteiger partial charge < -0.3 is 10.6 Å². The highest BCUT2D eigenvalue weighted by Crippen LogP contribution is 1.98. The van der Waals surface area contributed by atoms with Gasteiger partial charge in [0.25, 0.3) is 10.2 Å². The summed E-state index contributed by atoms with van der Waals surface area (Å²) in [4.78, 5) is 10.6. The highest BCUT2D eigenvalue weighted by atomic mass is 32.2. The van der Waals surface area contributed by atoms with E-state index in [1.165, 1.54) is 11.2 Å². The van der Waals surface area contributed by atoms with E-state index in [0.717, 1.165) is 0 Å². The first-order valence-electron chi connectivity index (χ1n) is 5.22. The number of piperazine rings is 1. The molecule has 16 heavy (non-hydrogen) atoms. The van der Waals surface area contributed by atoms with Gasteiger partial charge in [-0.2, -0.15) is 12.7 Å². The second-order valence-corrected chi connectivity index (χ2v) is 5.29. The van der Waals surface area contributed by atoms with Gasteiger partial charge >= 0.3 is 0 Å². The fourth-order valence-electron chi connectivity index (χ4n) is 1.39. The molecule has 7 nitrogen and oxygen atoms in total. The van der Waals surface area contributed by atoms with Gasteiger partial charge in [-0.25, -0.2) is 4.72 Å². The number of hydrogen-bond acceptors (Lipinski definition) is 4. The normalized spacial score (nSPS) is 18.3. The molecule has 1 fully saturated rings. The summed E-state index contributed by atoms with van der Waals surface area (Å²) in [6, 6.07) is 0. The molecule has 94 valence electrons. The molecule has 0 bridgehead atoms. The van der Waals surface area contributed by atoms with Crippen molar-refractivity contribution in [2.45, 2.75) is 6.92 Å². The van der Waals surface area contributed by atoms with Crippen molar-refractivity contribution < 1.29 is 13.2 Å². The summed E-state index contributed by atoms with van der Waals surface area (Å²) in [5.74, 6) is -0.165. The first-order valence-corrected chi connectivity index (χ1v) is 6.66. The summed E-state index contributed by atoms with van der Waals surface area (Å²) in [7, 11) is -3.39. The Labute approximate surface area is 95.8 Å². The lowest BCUT2D eigenvalue weighted by atomic mass is 10.4. The average Bonchev–Trinajstić information content (AvgIpc) is 2.26. The molecule has 1 saturated heterocycles. The van der Waals surface area contributed by atoms with Crippen LogP contribution >= 0.6 is 0 Å². The molecule has 0 unspecified atom stereocenters. The van der Waals surface area contributed by atoms with Crippen LogP contribution in [0.3, 0.4) is 0 Å². The molecule has 0 aromatic heterocycles. The number of carbonyl (C=O) groups excluding carboxylic acids is 1. The van der Waals surface area contributed by atoms with Crippen molar-refractivity contribution in [3.8, 4) is 0 Å². The van der Waals surface area contributed by atoms with Gasteiger partial charge in [0.2, 0.25) is 5.91 Å². The number of rotatable bonds is 5. The Morgan fingerprint density at radius 1 is 1.31 bits per heavy atom. The van der Waals surface area contributed by atoms with E-state index >= 15 is 0 Å². The zero-order valence-corrected chi connectivity index (χ0v) is 10.1. The van der Waals surface area contributed by atoms with Gasteiger partial charge in [0.1, 0.15) is 0 Å². The lowest BCUT2D eigenvalue weighted by molar-refractivity contribution is -0.118. The van der Waals surface area contributed by atoms with Gasteiger partial charge in [-0.15, -0.1) is 0 Å². The number of hydrogen-bond donors (Lipinski definition) is 3. The Morgan fingerprint density at radius 3 is 2.50 bits per heavy atom. The van der Waals surface area contributed by atoms with Crippen molar-refractivity contribution in [3.05, 3.63) is 0 Å². The maximum absolute atomic E-state index is 11.7. The predicted octanol–water partition coefficient (Wildman–Crippen LogP) is -2.14. The van der Waals surface area contributed by atoms with Crippen molar-refractivity contribution in [2.75, 3.05) is 39.3 Å². The van der Waals surface area contributed by atoms with Crippen LogP contribution in [0.5, 0.6) is 0 Å². The smallest absolute Gasteiger partial charge is 0.279 e. The molecule has 0 radical (unpaired) electrons. The van der Waals surface area contributed by atoms with Gasteiger partial charge in [0, 0.05) is 46.2 Å². The summed E-state index contributed by atoms with van der Waals surface area (Å²) in [5.41, 5.74) is 0. The number of carbonyl (C=O) groups is 1. The molecular weight excluding hydrogens is 232 g/mol. The first-order chi connectivity index (χ1) is 7.52. The van der Waals surface area contributed by atoms with Gasteiger partial charge in [-0.1, -0.05) is 0 Å². The van der Waals surface area contributed by atoms with E-state index in [4.69, 9.17) is 0 Å². The molecular formula is C8H18N4O3S. The Bertz CT molecular complexity index is 324. The lowest BCUT2D eigenvalue weighted by Crippen LogP contribution is -2.51. The Hall–Kier alpha value is -0.700. The molecule has 1 amide bonds. The zero-order valence-electron chi connectivity index (χ0n) is 9.32. The van der Waals surface area contributed by atoms with Crippen LogP contribution in [0.1, 0.15) is 6.92 Å². The van der Waals surface area contributed by atoms with Crippen LogP contribution in [0.15, 0.2) is 0 Å². The summed E-state index contributed by atoms with van der Waals surface area (Å²) in [6.45, 7) is 4.22. The maximum atomic E-state index is 11.7. The average molecular weight is 250 g/mol. The lowest BCUT2D eigenvalue weighted by Gasteiger charge is -2.26. The zero-order chi connectivity index (χ0) is 12.0. The Kier molecular flexibility index (Phi) is 5.13. The van der Waals surface area contributed by atoms with Crippen molar-refractivity contribution in [1.82, 2.24) is 19.7 Å². The minimum absolute atomic E-state index is 0.165. The quantitative estimate of drug-likeness (QED) is 0.486. The van der Waals surface area contributed by atoms with Crippen molar-refractivity contribution in [1.29, 1.82) is 0 Å². The van der Waals surface area contributed by atoms with Crippen molar-refractivity contribution >= 4 is 16.1 Å². The van der Waals surface area contributed by atoms with E-state index in [9.17, 15) is 13.2 Å². The van der Waals surface area contributed by atoms with Crippen LogP contribution in [0.25, 0.3) is 0 Å². The van der Waals surface area contributed by atoms with Crippen molar-refractivity contribution in [3.63, 3.8) is 0 Å². The van der Waals surface area contributed by atoms with Gasteiger partial charge in [-0.05, 0) is 0 Å². The van der Waals surface area contributed by atoms with Crippen LogP contribution in [0, 0.1) is 0 Å². The van der Waals surface area contributed by atoms with Gasteiger partial charge in [0.05, 0.1) is 0 Å². The largest absolute Gasteiger partial charge is 0.355 e. The Balaban J connectivity index is 2.30. The highest BCUT2D eigenvalue weighted by molar-refractivity contribution is 7.87. The van der Waals surface area contributed by atoms with Crippen LogP contribution in [0.2, 0.25) is 0 Å². The molecule has 0 saturated carbocycles. The highest BCUT2D eigenvalue weighted by Gasteiger charge is 2.22. The molecule has 1 rings (SSSR count). The number of amides is 1. The standard InChI is InChI=1S/C8H18N4O3S/c1-8(13)10-2-3-11-16(14,15)12-6-4-9-5-7-12/h9,11H,2-7H2,1H3,(H,10,13). The topological polar surface area (TPSA) is 90.5 Å². The molecule has 0 spiro atoms. The summed E-state index contributed by atoms with van der Waals surface area (Å²) < 4.78 is 27.2. The van der Waals surface area contributed by atoms with E-state index < -0.39 is 10.2 Å². The van der Waals surface area contributed by atoms with Crippen LogP contribution in [0.4, 0.5) is 0 Å². The van der Waals surface area contributed by atoms with Crippen LogP contribution in [-0.2, 0) is 15.0 Å². The molecule has 0 aromatic carbocycles. The summed E-state index contributed by atoms with van der Waals surface area (Å²) >= 11 is 0. The Morgan fingerprint density at radius 2 is 1.94 bits per heavy atom. The summed E-state index contributed by atoms with van der Waals surface area (Å²) in [5, 5.41) is 5.60. The third kappa shape index (κ3) is 4.44. The monoisotopic (exact) mass is 250 g/mol. The fourth-order valence-corrected chi connectivity index (χ4v) is 2.60. The molecule has 0 atom stereocenters. The van der Waals surface area contributed by atoms with Crippen LogP contribution in [-0.4, -0.2) is 57.9 Å². The SMILES string of the molecule is CC(=O)NCCNS(=O)(=O)N1CCNCC1. The van der Waals surface area contributed by atoms with E-state index in [-0.39, 0.29) is 12.5 Å². The van der Waals surface area contributed by atoms with E-state index in [1.807, 2.05) is 0 Å². The summed E-state index contributed by atoms with van der Waals surface area (Å²) in [6.07, 6.45) is 0. The molecule has 1 heterocycles. The molecule has 8 heteroatoms. The van der Waals surface area contributed by atoms with Crippen LogP contribution < -0.4 is 15.4 Å². The minimum Gasteiger partial charge on any atom is -0.355 e. The second kappa shape index (κ2) is 6.14. The predicted molar refractivity (Wildman–Crippen MR) is 60.0 cm³/mol. The third-order valence-electron chi connectivity index (χ3n) is 2.20. The maximum Gasteiger partial charge on any atom is 0.279 e. The van der Waals surface area contributed by atoms with E-state index in [0.29, 0.717) is 32.7 Å². The number of nitrogens with one attached hydrogen (secondary N) is 3. The minimum atomic E-state index is -3.39. The molecule has 3 N–H and O–H groups in total. The van der Waals surface area contributed by atoms with Gasteiger partial charge in [-0.3, -0.25) is 4.79 Å². The van der Waals surface area contributed by atoms with Crippen molar-refractivity contribution in [2.24, 2.45) is 0 Å². The fraction of sp³-hybridized carbons (Fsp3) is 0.875. The first kappa shape index (κ1) is 13.4. The van der Waals surface area contributed by atoms with E-state index in [2.05, 4.69) is 15.4 Å². The second-order valence-electron chi connectivity index (χ2n) is 3.53. The number of nitrogens with zero attached hydrogens (tertiary/aromatic N) is 1. The molecule has 0 aliphatic carbocycles. The van der Waals surface area contributed by atoms with Gasteiger partial charge in [0.15, 0.2) is 0 Å². The molecule has 0 aromatic rings. The molecule has 1 aliphatic heterocycles. The molecule has 1 aliphatic rings. The third-order valence-corrected chi connectivity index (χ3v) is 3.81. The van der Waals surface area contributed by atoms with E-state index in [1.54, 1.807) is 0 Å².